The molecule has 1 saturated carbocycles. The monoisotopic (exact) mass is 561 g/mol. The maximum absolute atomic E-state index is 13.7. The SMILES string of the molecule is FC(F)(F)c1ccc(NC2=NC(CCNC3CCCCC3)Nc3cc(-c4ncccc4C(F)(F)F)ccc32)cc1. The lowest BCUT2D eigenvalue weighted by Gasteiger charge is -2.28. The Hall–Kier alpha value is -3.60. The second-order valence-electron chi connectivity index (χ2n) is 10.1. The molecule has 3 aromatic rings. The van der Waals surface area contributed by atoms with Crippen LogP contribution in [0.25, 0.3) is 11.3 Å². The number of nitrogens with one attached hydrogen (secondary N) is 3. The van der Waals surface area contributed by atoms with Gasteiger partial charge in [0.15, 0.2) is 0 Å². The van der Waals surface area contributed by atoms with Crippen molar-refractivity contribution in [2.75, 3.05) is 17.2 Å². The minimum absolute atomic E-state index is 0.185. The van der Waals surface area contributed by atoms with E-state index in [-0.39, 0.29) is 11.3 Å². The summed E-state index contributed by atoms with van der Waals surface area (Å²) < 4.78 is 80.1. The first kappa shape index (κ1) is 27.9. The van der Waals surface area contributed by atoms with Crippen LogP contribution in [-0.2, 0) is 12.4 Å². The molecule has 1 atom stereocenters. The van der Waals surface area contributed by atoms with Gasteiger partial charge >= 0.3 is 12.4 Å². The number of alkyl halides is 6. The van der Waals surface area contributed by atoms with Gasteiger partial charge in [0.1, 0.15) is 12.0 Å². The van der Waals surface area contributed by atoms with Crippen molar-refractivity contribution in [3.63, 3.8) is 0 Å². The van der Waals surface area contributed by atoms with E-state index < -0.39 is 29.6 Å². The maximum atomic E-state index is 13.7. The molecular formula is C29H29F6N5. The zero-order valence-corrected chi connectivity index (χ0v) is 21.5. The number of benzene rings is 2. The molecule has 212 valence electrons. The summed E-state index contributed by atoms with van der Waals surface area (Å²) in [4.78, 5) is 8.77. The maximum Gasteiger partial charge on any atom is 0.418 e. The van der Waals surface area contributed by atoms with Gasteiger partial charge in [-0.25, -0.2) is 4.99 Å². The van der Waals surface area contributed by atoms with Crippen molar-refractivity contribution in [3.8, 4) is 11.3 Å². The molecule has 1 aromatic heterocycles. The number of hydrogen-bond donors (Lipinski definition) is 3. The fraction of sp³-hybridized carbons (Fsp3) is 0.379. The number of fused-ring (bicyclic) bond motifs is 1. The molecule has 0 amide bonds. The molecule has 40 heavy (non-hydrogen) atoms. The first-order valence-corrected chi connectivity index (χ1v) is 13.3. The van der Waals surface area contributed by atoms with Crippen molar-refractivity contribution < 1.29 is 26.3 Å². The molecule has 5 nitrogen and oxygen atoms in total. The Bertz CT molecular complexity index is 1340. The summed E-state index contributed by atoms with van der Waals surface area (Å²) in [5.41, 5.74) is 0.0531. The van der Waals surface area contributed by atoms with Gasteiger partial charge in [0.05, 0.1) is 16.8 Å². The molecule has 1 unspecified atom stereocenters. The highest BCUT2D eigenvalue weighted by atomic mass is 19.4. The number of pyridine rings is 1. The van der Waals surface area contributed by atoms with Crippen LogP contribution in [0.3, 0.4) is 0 Å². The van der Waals surface area contributed by atoms with Crippen LogP contribution in [0, 0.1) is 0 Å². The van der Waals surface area contributed by atoms with E-state index in [9.17, 15) is 26.3 Å². The summed E-state index contributed by atoms with van der Waals surface area (Å²) in [5, 5.41) is 10.00. The second kappa shape index (κ2) is 11.5. The Labute approximate surface area is 228 Å². The number of rotatable bonds is 6. The topological polar surface area (TPSA) is 61.3 Å². The highest BCUT2D eigenvalue weighted by molar-refractivity contribution is 6.13. The second-order valence-corrected chi connectivity index (χ2v) is 10.1. The molecule has 2 heterocycles. The van der Waals surface area contributed by atoms with Crippen molar-refractivity contribution in [1.82, 2.24) is 10.3 Å². The van der Waals surface area contributed by atoms with Gasteiger partial charge in [-0.1, -0.05) is 25.3 Å². The zero-order valence-electron chi connectivity index (χ0n) is 21.5. The average molecular weight is 562 g/mol. The summed E-state index contributed by atoms with van der Waals surface area (Å²) >= 11 is 0. The van der Waals surface area contributed by atoms with E-state index in [0.717, 1.165) is 31.0 Å². The Morgan fingerprint density at radius 1 is 0.875 bits per heavy atom. The van der Waals surface area contributed by atoms with E-state index in [1.54, 1.807) is 12.1 Å². The molecular weight excluding hydrogens is 532 g/mol. The Morgan fingerprint density at radius 2 is 1.62 bits per heavy atom. The summed E-state index contributed by atoms with van der Waals surface area (Å²) in [6, 6.07) is 12.1. The van der Waals surface area contributed by atoms with Crippen LogP contribution in [0.4, 0.5) is 37.7 Å². The normalized spacial score (nSPS) is 18.1. The lowest BCUT2D eigenvalue weighted by atomic mass is 9.95. The molecule has 0 spiro atoms. The van der Waals surface area contributed by atoms with Gasteiger partial charge in [-0.05, 0) is 67.9 Å². The predicted molar refractivity (Wildman–Crippen MR) is 143 cm³/mol. The number of hydrogen-bond acceptors (Lipinski definition) is 5. The van der Waals surface area contributed by atoms with Crippen molar-refractivity contribution in [3.05, 3.63) is 77.5 Å². The van der Waals surface area contributed by atoms with Gasteiger partial charge in [0, 0.05) is 41.2 Å². The predicted octanol–water partition coefficient (Wildman–Crippen LogP) is 7.71. The van der Waals surface area contributed by atoms with Crippen molar-refractivity contribution in [2.24, 2.45) is 4.99 Å². The molecule has 0 bridgehead atoms. The van der Waals surface area contributed by atoms with E-state index in [0.29, 0.717) is 41.8 Å². The van der Waals surface area contributed by atoms with Crippen LogP contribution in [0.2, 0.25) is 0 Å². The number of aromatic nitrogens is 1. The number of aliphatic imine (C=N–C) groups is 1. The molecule has 3 N–H and O–H groups in total. The molecule has 0 saturated heterocycles. The minimum atomic E-state index is -4.57. The first-order valence-electron chi connectivity index (χ1n) is 13.3. The van der Waals surface area contributed by atoms with Crippen LogP contribution in [-0.4, -0.2) is 29.6 Å². The molecule has 2 aromatic carbocycles. The van der Waals surface area contributed by atoms with Crippen molar-refractivity contribution in [2.45, 2.75) is 63.1 Å². The van der Waals surface area contributed by atoms with E-state index in [1.807, 2.05) is 0 Å². The van der Waals surface area contributed by atoms with Gasteiger partial charge in [-0.15, -0.1) is 0 Å². The third kappa shape index (κ3) is 6.57. The Balaban J connectivity index is 1.42. The van der Waals surface area contributed by atoms with Crippen LogP contribution in [0.15, 0.2) is 65.8 Å². The number of amidine groups is 1. The largest absolute Gasteiger partial charge is 0.418 e. The van der Waals surface area contributed by atoms with E-state index in [2.05, 4.69) is 20.9 Å². The van der Waals surface area contributed by atoms with Crippen LogP contribution in [0.5, 0.6) is 0 Å². The molecule has 5 rings (SSSR count). The van der Waals surface area contributed by atoms with Crippen LogP contribution < -0.4 is 16.0 Å². The highest BCUT2D eigenvalue weighted by Crippen LogP contribution is 2.38. The van der Waals surface area contributed by atoms with Crippen LogP contribution >= 0.6 is 0 Å². The third-order valence-corrected chi connectivity index (χ3v) is 7.20. The minimum Gasteiger partial charge on any atom is -0.363 e. The molecule has 1 fully saturated rings. The zero-order chi connectivity index (χ0) is 28.3. The van der Waals surface area contributed by atoms with E-state index in [4.69, 9.17) is 4.99 Å². The third-order valence-electron chi connectivity index (χ3n) is 7.20. The summed E-state index contributed by atoms with van der Waals surface area (Å²) in [5.74, 6) is 0.416. The van der Waals surface area contributed by atoms with Crippen molar-refractivity contribution in [1.29, 1.82) is 0 Å². The molecule has 1 aliphatic heterocycles. The molecule has 0 radical (unpaired) electrons. The van der Waals surface area contributed by atoms with Gasteiger partial charge in [0.2, 0.25) is 0 Å². The van der Waals surface area contributed by atoms with E-state index in [1.165, 1.54) is 49.7 Å². The fourth-order valence-electron chi connectivity index (χ4n) is 5.17. The summed E-state index contributed by atoms with van der Waals surface area (Å²) in [6.07, 6.45) is -1.61. The van der Waals surface area contributed by atoms with Crippen LogP contribution in [0.1, 0.15) is 55.2 Å². The lowest BCUT2D eigenvalue weighted by molar-refractivity contribution is -0.138. The highest BCUT2D eigenvalue weighted by Gasteiger charge is 2.35. The fourth-order valence-corrected chi connectivity index (χ4v) is 5.17. The van der Waals surface area contributed by atoms with Gasteiger partial charge < -0.3 is 16.0 Å². The standard InChI is InChI=1S/C29H29F6N5/c30-28(31,32)19-9-11-21(12-10-19)38-27-22-13-8-18(26-23(29(33,34)35)7-4-15-37-26)17-24(22)39-25(40-27)14-16-36-20-5-2-1-3-6-20/h4,7-13,15,17,20,25,36,39H,1-3,5-6,14,16H2,(H,38,40). The molecule has 2 aliphatic rings. The Morgan fingerprint density at radius 3 is 2.33 bits per heavy atom. The average Bonchev–Trinajstić information content (AvgIpc) is 2.93. The van der Waals surface area contributed by atoms with Gasteiger partial charge in [0.25, 0.3) is 0 Å². The molecule has 11 heteroatoms. The number of halogens is 6. The number of nitrogens with zero attached hydrogens (tertiary/aromatic N) is 2. The lowest BCUT2D eigenvalue weighted by Crippen LogP contribution is -2.36. The first-order chi connectivity index (χ1) is 19.1. The van der Waals surface area contributed by atoms with Gasteiger partial charge in [-0.3, -0.25) is 4.98 Å². The number of anilines is 2. The summed E-state index contributed by atoms with van der Waals surface area (Å²) in [7, 11) is 0. The van der Waals surface area contributed by atoms with Crippen molar-refractivity contribution >= 4 is 17.2 Å². The smallest absolute Gasteiger partial charge is 0.363 e. The summed E-state index contributed by atoms with van der Waals surface area (Å²) in [6.45, 7) is 0.687. The van der Waals surface area contributed by atoms with E-state index >= 15 is 0 Å². The molecule has 1 aliphatic carbocycles. The Kier molecular flexibility index (Phi) is 8.02. The van der Waals surface area contributed by atoms with Gasteiger partial charge in [-0.2, -0.15) is 26.3 Å². The quantitative estimate of drug-likeness (QED) is 0.270.